The molecule has 1 aromatic carbocycles. The first-order chi connectivity index (χ1) is 7.13. The fraction of sp³-hybridized carbons (Fsp3) is 0.455. The quantitative estimate of drug-likeness (QED) is 0.833. The van der Waals surface area contributed by atoms with E-state index in [0.29, 0.717) is 17.1 Å². The molecule has 1 unspecified atom stereocenters. The molecule has 0 spiro atoms. The Hall–Kier alpha value is -1.29. The summed E-state index contributed by atoms with van der Waals surface area (Å²) in [6.45, 7) is 1.01. The first-order valence-electron chi connectivity index (χ1n) is 4.60. The van der Waals surface area contributed by atoms with Gasteiger partial charge in [0.1, 0.15) is 24.3 Å². The van der Waals surface area contributed by atoms with E-state index in [0.717, 1.165) is 5.56 Å². The fourth-order valence-corrected chi connectivity index (χ4v) is 1.39. The van der Waals surface area contributed by atoms with Gasteiger partial charge in [-0.25, -0.2) is 4.39 Å². The monoisotopic (exact) mass is 214 g/mol. The average molecular weight is 214 g/mol. The van der Waals surface area contributed by atoms with Crippen molar-refractivity contribution in [2.24, 2.45) is 0 Å². The Morgan fingerprint density at radius 2 is 1.73 bits per heavy atom. The summed E-state index contributed by atoms with van der Waals surface area (Å²) in [4.78, 5) is 0. The van der Waals surface area contributed by atoms with Gasteiger partial charge in [0.05, 0.1) is 14.2 Å². The molecule has 0 fully saturated rings. The number of hydrogen-bond donors (Lipinski definition) is 1. The van der Waals surface area contributed by atoms with Gasteiger partial charge in [0.25, 0.3) is 0 Å². The van der Waals surface area contributed by atoms with E-state index in [-0.39, 0.29) is 0 Å². The van der Waals surface area contributed by atoms with Crippen LogP contribution in [0.2, 0.25) is 0 Å². The second-order valence-corrected chi connectivity index (χ2v) is 3.22. The summed E-state index contributed by atoms with van der Waals surface area (Å²) in [6, 6.07) is 3.23. The Balaban J connectivity index is 3.20. The molecule has 0 amide bonds. The molecule has 3 nitrogen and oxygen atoms in total. The predicted molar refractivity (Wildman–Crippen MR) is 55.2 cm³/mol. The highest BCUT2D eigenvalue weighted by atomic mass is 19.1. The van der Waals surface area contributed by atoms with Gasteiger partial charge in [-0.15, -0.1) is 0 Å². The van der Waals surface area contributed by atoms with Gasteiger partial charge in [-0.05, 0) is 24.6 Å². The molecule has 0 aromatic heterocycles. The lowest BCUT2D eigenvalue weighted by molar-refractivity contribution is 0.141. The summed E-state index contributed by atoms with van der Waals surface area (Å²) in [6.07, 6.45) is -1.13. The Morgan fingerprint density at radius 1 is 1.27 bits per heavy atom. The molecule has 0 saturated heterocycles. The Morgan fingerprint density at radius 3 is 2.07 bits per heavy atom. The van der Waals surface area contributed by atoms with Gasteiger partial charge in [0.15, 0.2) is 0 Å². The van der Waals surface area contributed by atoms with E-state index in [2.05, 4.69) is 0 Å². The van der Waals surface area contributed by atoms with Crippen molar-refractivity contribution in [1.82, 2.24) is 0 Å². The van der Waals surface area contributed by atoms with Gasteiger partial charge in [-0.2, -0.15) is 0 Å². The molecule has 1 aromatic rings. The molecule has 0 saturated carbocycles. The van der Waals surface area contributed by atoms with Gasteiger partial charge >= 0.3 is 0 Å². The number of halogens is 1. The molecule has 1 N–H and O–H groups in total. The molecule has 0 bridgehead atoms. The molecule has 0 radical (unpaired) electrons. The van der Waals surface area contributed by atoms with Gasteiger partial charge in [0, 0.05) is 5.56 Å². The second-order valence-electron chi connectivity index (χ2n) is 3.22. The zero-order valence-corrected chi connectivity index (χ0v) is 9.08. The molecule has 1 rings (SSSR count). The van der Waals surface area contributed by atoms with Crippen LogP contribution in [0.15, 0.2) is 12.1 Å². The standard InChI is InChI=1S/C11H15FO3/c1-7-10(14-2)4-8(9(13)6-12)5-11(7)15-3/h4-5,9,13H,6H2,1-3H3. The van der Waals surface area contributed by atoms with Crippen LogP contribution in [0.25, 0.3) is 0 Å². The maximum atomic E-state index is 12.3. The molecule has 0 aliphatic rings. The summed E-state index contributed by atoms with van der Waals surface area (Å²) >= 11 is 0. The molecule has 0 heterocycles. The maximum absolute atomic E-state index is 12.3. The number of aliphatic hydroxyl groups excluding tert-OH is 1. The number of benzene rings is 1. The van der Waals surface area contributed by atoms with Crippen LogP contribution in [0, 0.1) is 6.92 Å². The summed E-state index contributed by atoms with van der Waals surface area (Å²) in [5.41, 5.74) is 1.28. The lowest BCUT2D eigenvalue weighted by atomic mass is 10.1. The Bertz CT molecular complexity index is 314. The largest absolute Gasteiger partial charge is 0.496 e. The van der Waals surface area contributed by atoms with E-state index in [4.69, 9.17) is 9.47 Å². The van der Waals surface area contributed by atoms with Gasteiger partial charge in [-0.3, -0.25) is 0 Å². The van der Waals surface area contributed by atoms with E-state index >= 15 is 0 Å². The highest BCUT2D eigenvalue weighted by Crippen LogP contribution is 2.31. The van der Waals surface area contributed by atoms with Crippen molar-refractivity contribution in [2.45, 2.75) is 13.0 Å². The number of rotatable bonds is 4. The van der Waals surface area contributed by atoms with E-state index in [1.54, 1.807) is 12.1 Å². The van der Waals surface area contributed by atoms with Crippen molar-refractivity contribution in [2.75, 3.05) is 20.9 Å². The van der Waals surface area contributed by atoms with E-state index in [1.165, 1.54) is 14.2 Å². The predicted octanol–water partition coefficient (Wildman–Crippen LogP) is 2.02. The van der Waals surface area contributed by atoms with Gasteiger partial charge in [0.2, 0.25) is 0 Å². The molecule has 0 aliphatic heterocycles. The van der Waals surface area contributed by atoms with Gasteiger partial charge < -0.3 is 14.6 Å². The summed E-state index contributed by atoms with van der Waals surface area (Å²) in [7, 11) is 3.04. The summed E-state index contributed by atoms with van der Waals surface area (Å²) in [5, 5.41) is 9.37. The molecule has 15 heavy (non-hydrogen) atoms. The Labute approximate surface area is 88.4 Å². The zero-order valence-electron chi connectivity index (χ0n) is 9.08. The minimum atomic E-state index is -1.13. The van der Waals surface area contributed by atoms with Crippen molar-refractivity contribution in [3.63, 3.8) is 0 Å². The van der Waals surface area contributed by atoms with Crippen molar-refractivity contribution >= 4 is 0 Å². The summed E-state index contributed by atoms with van der Waals surface area (Å²) < 4.78 is 22.5. The highest BCUT2D eigenvalue weighted by Gasteiger charge is 2.13. The first kappa shape index (κ1) is 11.8. The van der Waals surface area contributed by atoms with Crippen LogP contribution in [0.5, 0.6) is 11.5 Å². The van der Waals surface area contributed by atoms with Crippen LogP contribution >= 0.6 is 0 Å². The minimum Gasteiger partial charge on any atom is -0.496 e. The van der Waals surface area contributed by atoms with Crippen molar-refractivity contribution < 1.29 is 19.0 Å². The third-order valence-electron chi connectivity index (χ3n) is 2.31. The number of ether oxygens (including phenoxy) is 2. The molecular formula is C11H15FO3. The van der Waals surface area contributed by atoms with E-state index < -0.39 is 12.8 Å². The topological polar surface area (TPSA) is 38.7 Å². The lowest BCUT2D eigenvalue weighted by Gasteiger charge is -2.14. The third kappa shape index (κ3) is 2.39. The molecule has 84 valence electrons. The number of hydrogen-bond acceptors (Lipinski definition) is 3. The third-order valence-corrected chi connectivity index (χ3v) is 2.31. The SMILES string of the molecule is COc1cc(C(O)CF)cc(OC)c1C. The van der Waals surface area contributed by atoms with Crippen LogP contribution in [0.4, 0.5) is 4.39 Å². The molecular weight excluding hydrogens is 199 g/mol. The number of alkyl halides is 1. The Kier molecular flexibility index (Phi) is 3.91. The number of aliphatic hydroxyl groups is 1. The smallest absolute Gasteiger partial charge is 0.125 e. The normalized spacial score (nSPS) is 12.3. The minimum absolute atomic E-state index is 0.455. The first-order valence-corrected chi connectivity index (χ1v) is 4.60. The number of methoxy groups -OCH3 is 2. The lowest BCUT2D eigenvalue weighted by Crippen LogP contribution is -2.02. The van der Waals surface area contributed by atoms with Crippen LogP contribution in [-0.4, -0.2) is 26.0 Å². The zero-order chi connectivity index (χ0) is 11.4. The second kappa shape index (κ2) is 4.98. The molecule has 0 aliphatic carbocycles. The maximum Gasteiger partial charge on any atom is 0.125 e. The van der Waals surface area contributed by atoms with Crippen molar-refractivity contribution in [3.05, 3.63) is 23.3 Å². The van der Waals surface area contributed by atoms with E-state index in [1.807, 2.05) is 6.92 Å². The summed E-state index contributed by atoms with van der Waals surface area (Å²) in [5.74, 6) is 1.16. The fourth-order valence-electron chi connectivity index (χ4n) is 1.39. The van der Waals surface area contributed by atoms with Crippen LogP contribution in [-0.2, 0) is 0 Å². The van der Waals surface area contributed by atoms with E-state index in [9.17, 15) is 9.50 Å². The van der Waals surface area contributed by atoms with Crippen LogP contribution in [0.1, 0.15) is 17.2 Å². The van der Waals surface area contributed by atoms with Crippen molar-refractivity contribution in [3.8, 4) is 11.5 Å². The molecule has 1 atom stereocenters. The van der Waals surface area contributed by atoms with Crippen LogP contribution in [0.3, 0.4) is 0 Å². The highest BCUT2D eigenvalue weighted by molar-refractivity contribution is 5.47. The molecule has 4 heteroatoms. The van der Waals surface area contributed by atoms with Crippen LogP contribution < -0.4 is 9.47 Å². The average Bonchev–Trinajstić information content (AvgIpc) is 2.28. The van der Waals surface area contributed by atoms with Crippen molar-refractivity contribution in [1.29, 1.82) is 0 Å². The van der Waals surface area contributed by atoms with Gasteiger partial charge in [-0.1, -0.05) is 0 Å².